The van der Waals surface area contributed by atoms with Crippen LogP contribution in [0.3, 0.4) is 0 Å². The van der Waals surface area contributed by atoms with Gasteiger partial charge < -0.3 is 9.47 Å². The van der Waals surface area contributed by atoms with Crippen LogP contribution in [0.1, 0.15) is 31.1 Å². The van der Waals surface area contributed by atoms with Gasteiger partial charge in [0.2, 0.25) is 0 Å². The second-order valence-electron chi connectivity index (χ2n) is 4.71. The Kier molecular flexibility index (Phi) is 4.88. The monoisotopic (exact) mass is 302 g/mol. The van der Waals surface area contributed by atoms with Crippen LogP contribution in [0.2, 0.25) is 0 Å². The van der Waals surface area contributed by atoms with Gasteiger partial charge in [0.05, 0.1) is 0 Å². The second kappa shape index (κ2) is 6.85. The molecule has 0 N–H and O–H groups in total. The number of rotatable bonds is 4. The maximum atomic E-state index is 13.4. The number of hydrogen-bond acceptors (Lipinski definition) is 4. The summed E-state index contributed by atoms with van der Waals surface area (Å²) in [5.41, 5.74) is 1.17. The van der Waals surface area contributed by atoms with E-state index in [1.807, 2.05) is 0 Å². The normalized spacial score (nSPS) is 11.6. The number of carbonyl (C=O) groups excluding carboxylic acids is 2. The van der Waals surface area contributed by atoms with Crippen LogP contribution in [0.25, 0.3) is 0 Å². The topological polar surface area (TPSA) is 52.6 Å². The molecule has 0 spiro atoms. The molecule has 0 aliphatic carbocycles. The van der Waals surface area contributed by atoms with E-state index >= 15 is 0 Å². The number of ether oxygens (including phenoxy) is 2. The zero-order valence-electron chi connectivity index (χ0n) is 12.2. The van der Waals surface area contributed by atoms with E-state index in [0.717, 1.165) is 0 Å². The van der Waals surface area contributed by atoms with Gasteiger partial charge in [-0.1, -0.05) is 24.3 Å². The maximum Gasteiger partial charge on any atom is 0.308 e. The molecule has 0 saturated carbocycles. The summed E-state index contributed by atoms with van der Waals surface area (Å²) >= 11 is 0. The van der Waals surface area contributed by atoms with Gasteiger partial charge in [-0.25, -0.2) is 4.39 Å². The number of esters is 2. The number of halogens is 1. The molecule has 2 rings (SSSR count). The second-order valence-corrected chi connectivity index (χ2v) is 4.71. The van der Waals surface area contributed by atoms with Crippen molar-refractivity contribution in [3.63, 3.8) is 0 Å². The first-order chi connectivity index (χ1) is 10.5. The molecule has 114 valence electrons. The van der Waals surface area contributed by atoms with Gasteiger partial charge >= 0.3 is 11.9 Å². The molecule has 0 fully saturated rings. The van der Waals surface area contributed by atoms with Gasteiger partial charge in [0.15, 0.2) is 6.10 Å². The fourth-order valence-corrected chi connectivity index (χ4v) is 2.04. The third-order valence-electron chi connectivity index (χ3n) is 2.88. The lowest BCUT2D eigenvalue weighted by Gasteiger charge is -2.18. The Labute approximate surface area is 127 Å². The molecule has 4 nitrogen and oxygen atoms in total. The van der Waals surface area contributed by atoms with E-state index in [-0.39, 0.29) is 0 Å². The van der Waals surface area contributed by atoms with E-state index in [4.69, 9.17) is 9.47 Å². The van der Waals surface area contributed by atoms with Crippen molar-refractivity contribution in [3.05, 3.63) is 65.5 Å². The standard InChI is InChI=1S/C17H15FO4/c1-11(19)21-16-8-6-13(7-9-16)17(22-12(2)20)14-4-3-5-15(18)10-14/h3-10,17H,1-2H3. The van der Waals surface area contributed by atoms with Crippen LogP contribution in [0, 0.1) is 5.82 Å². The van der Waals surface area contributed by atoms with Gasteiger partial charge in [-0.2, -0.15) is 0 Å². The summed E-state index contributed by atoms with van der Waals surface area (Å²) in [6.07, 6.45) is -0.723. The van der Waals surface area contributed by atoms with Crippen molar-refractivity contribution in [1.29, 1.82) is 0 Å². The third-order valence-corrected chi connectivity index (χ3v) is 2.88. The summed E-state index contributed by atoms with van der Waals surface area (Å²) in [6.45, 7) is 2.60. The molecule has 0 aliphatic rings. The van der Waals surface area contributed by atoms with E-state index in [1.54, 1.807) is 36.4 Å². The van der Waals surface area contributed by atoms with E-state index < -0.39 is 23.9 Å². The molecule has 1 atom stereocenters. The van der Waals surface area contributed by atoms with Crippen molar-refractivity contribution < 1.29 is 23.5 Å². The average Bonchev–Trinajstić information content (AvgIpc) is 2.45. The van der Waals surface area contributed by atoms with Crippen molar-refractivity contribution in [2.24, 2.45) is 0 Å². The summed E-state index contributed by atoms with van der Waals surface area (Å²) in [5.74, 6) is -0.920. The average molecular weight is 302 g/mol. The molecule has 2 aromatic carbocycles. The van der Waals surface area contributed by atoms with Crippen LogP contribution in [0.15, 0.2) is 48.5 Å². The lowest BCUT2D eigenvalue weighted by atomic mass is 10.0. The van der Waals surface area contributed by atoms with Gasteiger partial charge in [0.25, 0.3) is 0 Å². The van der Waals surface area contributed by atoms with E-state index in [0.29, 0.717) is 16.9 Å². The highest BCUT2D eigenvalue weighted by molar-refractivity contribution is 5.69. The van der Waals surface area contributed by atoms with Gasteiger partial charge in [-0.15, -0.1) is 0 Å². The van der Waals surface area contributed by atoms with Crippen LogP contribution < -0.4 is 4.74 Å². The first kappa shape index (κ1) is 15.7. The molecule has 0 bridgehead atoms. The predicted octanol–water partition coefficient (Wildman–Crippen LogP) is 3.40. The van der Waals surface area contributed by atoms with Crippen molar-refractivity contribution in [2.75, 3.05) is 0 Å². The van der Waals surface area contributed by atoms with Gasteiger partial charge in [-0.05, 0) is 35.4 Å². The zero-order valence-corrected chi connectivity index (χ0v) is 12.2. The molecule has 0 saturated heterocycles. The maximum absolute atomic E-state index is 13.4. The van der Waals surface area contributed by atoms with Crippen molar-refractivity contribution in [3.8, 4) is 5.75 Å². The van der Waals surface area contributed by atoms with E-state index in [1.165, 1.54) is 26.0 Å². The first-order valence-corrected chi connectivity index (χ1v) is 6.67. The van der Waals surface area contributed by atoms with Crippen LogP contribution in [-0.4, -0.2) is 11.9 Å². The Morgan fingerprint density at radius 1 is 0.955 bits per heavy atom. The highest BCUT2D eigenvalue weighted by atomic mass is 19.1. The van der Waals surface area contributed by atoms with Crippen LogP contribution >= 0.6 is 0 Å². The van der Waals surface area contributed by atoms with Gasteiger partial charge in [0.1, 0.15) is 11.6 Å². The highest BCUT2D eigenvalue weighted by Gasteiger charge is 2.18. The largest absolute Gasteiger partial charge is 0.453 e. The Morgan fingerprint density at radius 3 is 2.18 bits per heavy atom. The fourth-order valence-electron chi connectivity index (χ4n) is 2.04. The molecule has 0 heterocycles. The van der Waals surface area contributed by atoms with Gasteiger partial charge in [0, 0.05) is 13.8 Å². The Balaban J connectivity index is 2.33. The fraction of sp³-hybridized carbons (Fsp3) is 0.176. The lowest BCUT2D eigenvalue weighted by molar-refractivity contribution is -0.144. The Hall–Kier alpha value is -2.69. The van der Waals surface area contributed by atoms with Gasteiger partial charge in [-0.3, -0.25) is 9.59 Å². The summed E-state index contributed by atoms with van der Waals surface area (Å²) < 4.78 is 23.6. The highest BCUT2D eigenvalue weighted by Crippen LogP contribution is 2.28. The lowest BCUT2D eigenvalue weighted by Crippen LogP contribution is -2.10. The summed E-state index contributed by atoms with van der Waals surface area (Å²) in [7, 11) is 0. The molecular formula is C17H15FO4. The zero-order chi connectivity index (χ0) is 16.1. The predicted molar refractivity (Wildman–Crippen MR) is 77.8 cm³/mol. The Bertz CT molecular complexity index is 679. The SMILES string of the molecule is CC(=O)Oc1ccc(C(OC(C)=O)c2cccc(F)c2)cc1. The summed E-state index contributed by atoms with van der Waals surface area (Å²) in [4.78, 5) is 22.2. The molecular weight excluding hydrogens is 287 g/mol. The summed E-state index contributed by atoms with van der Waals surface area (Å²) in [6, 6.07) is 12.4. The van der Waals surface area contributed by atoms with Crippen LogP contribution in [0.4, 0.5) is 4.39 Å². The van der Waals surface area contributed by atoms with Crippen LogP contribution in [-0.2, 0) is 14.3 Å². The molecule has 0 aliphatic heterocycles. The smallest absolute Gasteiger partial charge is 0.308 e. The van der Waals surface area contributed by atoms with E-state index in [2.05, 4.69) is 0 Å². The number of benzene rings is 2. The number of carbonyl (C=O) groups is 2. The Morgan fingerprint density at radius 2 is 1.64 bits per heavy atom. The van der Waals surface area contributed by atoms with E-state index in [9.17, 15) is 14.0 Å². The number of hydrogen-bond donors (Lipinski definition) is 0. The van der Waals surface area contributed by atoms with Crippen molar-refractivity contribution >= 4 is 11.9 Å². The quantitative estimate of drug-likeness (QED) is 0.641. The first-order valence-electron chi connectivity index (χ1n) is 6.67. The van der Waals surface area contributed by atoms with Crippen molar-refractivity contribution in [1.82, 2.24) is 0 Å². The summed E-state index contributed by atoms with van der Waals surface area (Å²) in [5, 5.41) is 0. The molecule has 22 heavy (non-hydrogen) atoms. The minimum absolute atomic E-state index is 0.386. The third kappa shape index (κ3) is 4.15. The van der Waals surface area contributed by atoms with Crippen LogP contribution in [0.5, 0.6) is 5.75 Å². The molecule has 0 amide bonds. The van der Waals surface area contributed by atoms with Crippen molar-refractivity contribution in [2.45, 2.75) is 20.0 Å². The molecule has 5 heteroatoms. The molecule has 2 aromatic rings. The molecule has 0 aromatic heterocycles. The minimum Gasteiger partial charge on any atom is -0.453 e. The molecule has 0 radical (unpaired) electrons. The minimum atomic E-state index is -0.723. The molecule has 1 unspecified atom stereocenters.